The average molecular weight is 586 g/mol. The van der Waals surface area contributed by atoms with Crippen LogP contribution in [0, 0.1) is 0 Å². The number of imidazole rings is 1. The number of hydrogen-bond acceptors (Lipinski definition) is 10. The molecule has 1 saturated heterocycles. The number of alkyl carbamates (subject to hydrolysis) is 1. The number of hydrogen-bond donors (Lipinski definition) is 6. The molecule has 228 valence electrons. The van der Waals surface area contributed by atoms with Crippen molar-refractivity contribution in [2.45, 2.75) is 63.9 Å². The summed E-state index contributed by atoms with van der Waals surface area (Å²) >= 11 is 0. The zero-order valence-electron chi connectivity index (χ0n) is 23.9. The number of fused-ring (bicyclic) bond motifs is 1. The Morgan fingerprint density at radius 3 is 2.55 bits per heavy atom. The second-order valence-corrected chi connectivity index (χ2v) is 10.9. The highest BCUT2D eigenvalue weighted by Crippen LogP contribution is 2.35. The number of carbonyl (C=O) groups excluding carboxylic acids is 2. The molecular weight excluding hydrogens is 546 g/mol. The fraction of sp³-hybridized carbons (Fsp3) is 0.483. The van der Waals surface area contributed by atoms with Crippen LogP contribution in [0.25, 0.3) is 11.0 Å². The van der Waals surface area contributed by atoms with Crippen molar-refractivity contribution in [2.75, 3.05) is 31.6 Å². The van der Waals surface area contributed by atoms with Gasteiger partial charge in [0.05, 0.1) is 17.6 Å². The molecule has 0 saturated carbocycles. The van der Waals surface area contributed by atoms with E-state index in [1.54, 1.807) is 37.5 Å². The van der Waals surface area contributed by atoms with Gasteiger partial charge < -0.3 is 45.5 Å². The Bertz CT molecular complexity index is 1360. The minimum Gasteiger partial charge on any atom is -0.484 e. The molecular formula is C29H39N5O8. The number of aromatic nitrogens is 2. The molecule has 13 nitrogen and oxygen atoms in total. The van der Waals surface area contributed by atoms with E-state index in [1.165, 1.54) is 0 Å². The van der Waals surface area contributed by atoms with Crippen LogP contribution in [0.1, 0.15) is 39.0 Å². The number of ether oxygens (including phenoxy) is 3. The summed E-state index contributed by atoms with van der Waals surface area (Å²) in [5, 5.41) is 39.1. The third-order valence-electron chi connectivity index (χ3n) is 6.43. The molecule has 4 atom stereocenters. The van der Waals surface area contributed by atoms with Crippen molar-refractivity contribution >= 4 is 29.0 Å². The Hall–Kier alpha value is -3.91. The van der Waals surface area contributed by atoms with Crippen LogP contribution < -0.4 is 20.7 Å². The van der Waals surface area contributed by atoms with Gasteiger partial charge in [-0.05, 0) is 57.0 Å². The topological polar surface area (TPSA) is 176 Å². The monoisotopic (exact) mass is 585 g/mol. The molecule has 2 aromatic carbocycles. The molecule has 13 heteroatoms. The first kappa shape index (κ1) is 31.0. The van der Waals surface area contributed by atoms with Gasteiger partial charge in [0.25, 0.3) is 5.91 Å². The molecule has 1 aliphatic heterocycles. The summed E-state index contributed by atoms with van der Waals surface area (Å²) < 4.78 is 18.3. The number of aliphatic hydroxyl groups is 3. The van der Waals surface area contributed by atoms with E-state index >= 15 is 0 Å². The number of para-hydroxylation sites is 2. The average Bonchev–Trinajstić information content (AvgIpc) is 3.45. The lowest BCUT2D eigenvalue weighted by Gasteiger charge is -2.20. The van der Waals surface area contributed by atoms with E-state index in [-0.39, 0.29) is 12.5 Å². The Balaban J connectivity index is 1.29. The van der Waals surface area contributed by atoms with Crippen molar-refractivity contribution < 1.29 is 39.1 Å². The minimum absolute atomic E-state index is 0.169. The van der Waals surface area contributed by atoms with Crippen LogP contribution in [0.4, 0.5) is 10.7 Å². The number of nitrogens with zero attached hydrogens (tertiary/aromatic N) is 2. The number of amides is 2. The Morgan fingerprint density at radius 2 is 1.81 bits per heavy atom. The quantitative estimate of drug-likeness (QED) is 0.171. The molecule has 42 heavy (non-hydrogen) atoms. The van der Waals surface area contributed by atoms with Gasteiger partial charge in [-0.3, -0.25) is 9.36 Å². The molecule has 4 rings (SSSR count). The molecule has 0 bridgehead atoms. The third kappa shape index (κ3) is 8.10. The molecule has 2 heterocycles. The maximum absolute atomic E-state index is 12.2. The lowest BCUT2D eigenvalue weighted by atomic mass is 10.1. The van der Waals surface area contributed by atoms with Crippen LogP contribution in [-0.4, -0.2) is 87.1 Å². The number of benzene rings is 2. The zero-order valence-corrected chi connectivity index (χ0v) is 23.9. The summed E-state index contributed by atoms with van der Waals surface area (Å²) in [4.78, 5) is 28.5. The molecule has 2 amide bonds. The van der Waals surface area contributed by atoms with Crippen molar-refractivity contribution in [2.24, 2.45) is 0 Å². The summed E-state index contributed by atoms with van der Waals surface area (Å²) in [6.45, 7) is 5.84. The molecule has 6 N–H and O–H groups in total. The second-order valence-electron chi connectivity index (χ2n) is 10.9. The SMILES string of the molecule is CC(C)(C)OC(=O)NCCCNC(=O)COc1cccc(CNc2nc3ccccc3n2[C@@H]2O[C@H](CO)[C@@H](O)[C@H]2O)c1. The van der Waals surface area contributed by atoms with Gasteiger partial charge in [-0.25, -0.2) is 9.78 Å². The van der Waals surface area contributed by atoms with Crippen molar-refractivity contribution in [3.63, 3.8) is 0 Å². The smallest absolute Gasteiger partial charge is 0.407 e. The van der Waals surface area contributed by atoms with Crippen LogP contribution in [-0.2, 0) is 20.8 Å². The number of aliphatic hydroxyl groups excluding tert-OH is 3. The van der Waals surface area contributed by atoms with Gasteiger partial charge in [0.2, 0.25) is 5.95 Å². The van der Waals surface area contributed by atoms with E-state index < -0.39 is 42.8 Å². The van der Waals surface area contributed by atoms with Crippen molar-refractivity contribution in [3.8, 4) is 5.75 Å². The van der Waals surface area contributed by atoms with Crippen LogP contribution >= 0.6 is 0 Å². The largest absolute Gasteiger partial charge is 0.484 e. The van der Waals surface area contributed by atoms with Gasteiger partial charge in [-0.1, -0.05) is 24.3 Å². The summed E-state index contributed by atoms with van der Waals surface area (Å²) in [7, 11) is 0. The first-order valence-corrected chi connectivity index (χ1v) is 13.8. The predicted octanol–water partition coefficient (Wildman–Crippen LogP) is 1.67. The van der Waals surface area contributed by atoms with Gasteiger partial charge in [-0.2, -0.15) is 0 Å². The number of anilines is 1. The molecule has 0 aliphatic carbocycles. The van der Waals surface area contributed by atoms with Crippen molar-refractivity contribution in [3.05, 3.63) is 54.1 Å². The van der Waals surface area contributed by atoms with E-state index in [2.05, 4.69) is 20.9 Å². The van der Waals surface area contributed by atoms with Crippen LogP contribution in [0.5, 0.6) is 5.75 Å². The summed E-state index contributed by atoms with van der Waals surface area (Å²) in [6, 6.07) is 14.6. The first-order chi connectivity index (χ1) is 20.1. The molecule has 0 radical (unpaired) electrons. The molecule has 3 aromatic rings. The Morgan fingerprint density at radius 1 is 1.05 bits per heavy atom. The summed E-state index contributed by atoms with van der Waals surface area (Å²) in [6.07, 6.45) is -4.33. The van der Waals surface area contributed by atoms with E-state index in [1.807, 2.05) is 36.4 Å². The molecule has 0 spiro atoms. The number of rotatable bonds is 12. The molecule has 1 aliphatic rings. The maximum atomic E-state index is 12.2. The highest BCUT2D eigenvalue weighted by molar-refractivity contribution is 5.79. The second kappa shape index (κ2) is 13.8. The predicted molar refractivity (Wildman–Crippen MR) is 154 cm³/mol. The van der Waals surface area contributed by atoms with E-state index in [9.17, 15) is 24.9 Å². The maximum Gasteiger partial charge on any atom is 0.407 e. The van der Waals surface area contributed by atoms with E-state index in [4.69, 9.17) is 14.2 Å². The fourth-order valence-corrected chi connectivity index (χ4v) is 4.47. The summed E-state index contributed by atoms with van der Waals surface area (Å²) in [5.41, 5.74) is 1.64. The molecule has 0 unspecified atom stereocenters. The molecule has 1 fully saturated rings. The van der Waals surface area contributed by atoms with Crippen molar-refractivity contribution in [1.29, 1.82) is 0 Å². The van der Waals surface area contributed by atoms with E-state index in [0.717, 1.165) is 5.56 Å². The normalized spacial score (nSPS) is 20.3. The minimum atomic E-state index is -1.26. The third-order valence-corrected chi connectivity index (χ3v) is 6.43. The van der Waals surface area contributed by atoms with Gasteiger partial charge in [0, 0.05) is 19.6 Å². The van der Waals surface area contributed by atoms with E-state index in [0.29, 0.717) is 48.8 Å². The highest BCUT2D eigenvalue weighted by Gasteiger charge is 2.44. The van der Waals surface area contributed by atoms with Crippen LogP contribution in [0.2, 0.25) is 0 Å². The van der Waals surface area contributed by atoms with Gasteiger partial charge in [0.15, 0.2) is 12.8 Å². The molecule has 1 aromatic heterocycles. The lowest BCUT2D eigenvalue weighted by Crippen LogP contribution is -2.35. The Labute approximate surface area is 243 Å². The number of nitrogens with one attached hydrogen (secondary N) is 3. The first-order valence-electron chi connectivity index (χ1n) is 13.8. The van der Waals surface area contributed by atoms with Crippen LogP contribution in [0.15, 0.2) is 48.5 Å². The fourth-order valence-electron chi connectivity index (χ4n) is 4.47. The standard InChI is InChI=1S/C29H39N5O8/c1-29(2,3)42-28(39)31-13-7-12-30-23(36)17-40-19-9-6-8-18(14-19)15-32-27-33-20-10-4-5-11-21(20)34(27)26-25(38)24(37)22(16-35)41-26/h4-6,8-11,14,22,24-26,35,37-38H,7,12-13,15-17H2,1-3H3,(H,30,36)(H,31,39)(H,32,33)/t22-,24-,25-,26-/m1/s1. The lowest BCUT2D eigenvalue weighted by molar-refractivity contribution is -0.123. The Kier molecular flexibility index (Phi) is 10.2. The van der Waals surface area contributed by atoms with Crippen LogP contribution in [0.3, 0.4) is 0 Å². The zero-order chi connectivity index (χ0) is 30.3. The summed E-state index contributed by atoms with van der Waals surface area (Å²) in [5.74, 6) is 0.633. The number of carbonyl (C=O) groups is 2. The van der Waals surface area contributed by atoms with Gasteiger partial charge >= 0.3 is 6.09 Å². The van der Waals surface area contributed by atoms with Crippen molar-refractivity contribution in [1.82, 2.24) is 20.2 Å². The highest BCUT2D eigenvalue weighted by atomic mass is 16.6. The van der Waals surface area contributed by atoms with Gasteiger partial charge in [-0.15, -0.1) is 0 Å². The van der Waals surface area contributed by atoms with Gasteiger partial charge in [0.1, 0.15) is 29.7 Å².